The minimum atomic E-state index is -0.293. The molecular formula is C12H21NO2. The van der Waals surface area contributed by atoms with Gasteiger partial charge in [0, 0.05) is 19.5 Å². The number of rotatable bonds is 4. The normalized spacial score (nSPS) is 29.3. The molecule has 86 valence electrons. The van der Waals surface area contributed by atoms with Crippen molar-refractivity contribution in [3.8, 4) is 0 Å². The Morgan fingerprint density at radius 1 is 1.40 bits per heavy atom. The van der Waals surface area contributed by atoms with Gasteiger partial charge in [0.15, 0.2) is 0 Å². The van der Waals surface area contributed by atoms with E-state index in [1.807, 2.05) is 4.90 Å². The van der Waals surface area contributed by atoms with Crippen LogP contribution in [0.5, 0.6) is 0 Å². The van der Waals surface area contributed by atoms with Crippen LogP contribution in [0.4, 0.5) is 0 Å². The summed E-state index contributed by atoms with van der Waals surface area (Å²) in [5, 5.41) is 9.18. The fraction of sp³-hybridized carbons (Fsp3) is 0.917. The van der Waals surface area contributed by atoms with E-state index in [0.717, 1.165) is 25.4 Å². The van der Waals surface area contributed by atoms with Crippen LogP contribution in [0.15, 0.2) is 0 Å². The summed E-state index contributed by atoms with van der Waals surface area (Å²) in [6, 6.07) is 0. The Balaban J connectivity index is 1.76. The molecule has 0 spiro atoms. The first-order chi connectivity index (χ1) is 7.16. The molecule has 0 aromatic heterocycles. The van der Waals surface area contributed by atoms with Crippen molar-refractivity contribution in [2.24, 2.45) is 11.8 Å². The summed E-state index contributed by atoms with van der Waals surface area (Å²) in [6.07, 6.45) is 5.02. The molecule has 1 saturated carbocycles. The fourth-order valence-corrected chi connectivity index (χ4v) is 2.45. The van der Waals surface area contributed by atoms with Crippen LogP contribution in [-0.2, 0) is 4.79 Å². The number of likely N-dealkylation sites (tertiary alicyclic amines) is 1. The molecule has 2 fully saturated rings. The van der Waals surface area contributed by atoms with Crippen LogP contribution in [-0.4, -0.2) is 35.1 Å². The quantitative estimate of drug-likeness (QED) is 0.763. The van der Waals surface area contributed by atoms with Crippen LogP contribution < -0.4 is 0 Å². The number of aliphatic hydroxyl groups is 1. The highest BCUT2D eigenvalue weighted by Crippen LogP contribution is 2.41. The van der Waals surface area contributed by atoms with E-state index in [2.05, 4.69) is 0 Å². The molecule has 1 aliphatic carbocycles. The van der Waals surface area contributed by atoms with Crippen molar-refractivity contribution in [1.82, 2.24) is 4.90 Å². The van der Waals surface area contributed by atoms with Gasteiger partial charge in [-0.3, -0.25) is 4.79 Å². The van der Waals surface area contributed by atoms with Gasteiger partial charge in [0.2, 0.25) is 5.91 Å². The topological polar surface area (TPSA) is 40.5 Å². The number of carbonyl (C=O) groups excluding carboxylic acids is 1. The monoisotopic (exact) mass is 211 g/mol. The number of hydrogen-bond donors (Lipinski definition) is 1. The minimum absolute atomic E-state index is 0.293. The molecule has 2 rings (SSSR count). The average Bonchev–Trinajstić information content (AvgIpc) is 2.98. The SMILES string of the molecule is CC(O)CCN1CCC(C2CC2)CC1=O. The Labute approximate surface area is 91.5 Å². The predicted octanol–water partition coefficient (Wildman–Crippen LogP) is 1.41. The number of aliphatic hydroxyl groups excluding tert-OH is 1. The van der Waals surface area contributed by atoms with Gasteiger partial charge in [-0.15, -0.1) is 0 Å². The molecule has 0 aromatic carbocycles. The third-order valence-corrected chi connectivity index (χ3v) is 3.66. The molecule has 1 amide bonds. The van der Waals surface area contributed by atoms with Gasteiger partial charge in [-0.1, -0.05) is 0 Å². The standard InChI is InChI=1S/C12H21NO2/c1-9(14)4-6-13-7-5-11(8-12(13)15)10-2-3-10/h9-11,14H,2-8H2,1H3. The maximum Gasteiger partial charge on any atom is 0.222 e. The first-order valence-electron chi connectivity index (χ1n) is 6.12. The molecule has 1 heterocycles. The van der Waals surface area contributed by atoms with E-state index >= 15 is 0 Å². The van der Waals surface area contributed by atoms with Crippen molar-refractivity contribution in [2.45, 2.75) is 45.1 Å². The van der Waals surface area contributed by atoms with Gasteiger partial charge >= 0.3 is 0 Å². The second-order valence-corrected chi connectivity index (χ2v) is 5.11. The Morgan fingerprint density at radius 2 is 2.13 bits per heavy atom. The second kappa shape index (κ2) is 4.52. The molecule has 2 aliphatic rings. The first kappa shape index (κ1) is 10.9. The summed E-state index contributed by atoms with van der Waals surface area (Å²) in [5.41, 5.74) is 0. The van der Waals surface area contributed by atoms with Crippen LogP contribution in [0.2, 0.25) is 0 Å². The molecule has 1 N–H and O–H groups in total. The highest BCUT2D eigenvalue weighted by atomic mass is 16.3. The maximum absolute atomic E-state index is 11.8. The summed E-state index contributed by atoms with van der Waals surface area (Å²) < 4.78 is 0. The second-order valence-electron chi connectivity index (χ2n) is 5.11. The number of piperidine rings is 1. The van der Waals surface area contributed by atoms with E-state index in [-0.39, 0.29) is 6.10 Å². The van der Waals surface area contributed by atoms with Crippen molar-refractivity contribution in [1.29, 1.82) is 0 Å². The van der Waals surface area contributed by atoms with Crippen molar-refractivity contribution in [2.75, 3.05) is 13.1 Å². The Kier molecular flexibility index (Phi) is 3.29. The van der Waals surface area contributed by atoms with Crippen molar-refractivity contribution >= 4 is 5.91 Å². The molecule has 0 bridgehead atoms. The van der Waals surface area contributed by atoms with E-state index < -0.39 is 0 Å². The van der Waals surface area contributed by atoms with Crippen LogP contribution in [0.1, 0.15) is 39.0 Å². The first-order valence-corrected chi connectivity index (χ1v) is 6.12. The molecule has 2 unspecified atom stereocenters. The highest BCUT2D eigenvalue weighted by Gasteiger charge is 2.36. The number of nitrogens with zero attached hydrogens (tertiary/aromatic N) is 1. The van der Waals surface area contributed by atoms with Gasteiger partial charge in [0.1, 0.15) is 0 Å². The molecule has 1 saturated heterocycles. The lowest BCUT2D eigenvalue weighted by Gasteiger charge is -2.32. The van der Waals surface area contributed by atoms with Crippen LogP contribution in [0.25, 0.3) is 0 Å². The summed E-state index contributed by atoms with van der Waals surface area (Å²) >= 11 is 0. The number of carbonyl (C=O) groups is 1. The molecule has 3 heteroatoms. The van der Waals surface area contributed by atoms with Gasteiger partial charge in [-0.05, 0) is 44.4 Å². The number of hydrogen-bond acceptors (Lipinski definition) is 2. The van der Waals surface area contributed by atoms with Crippen LogP contribution in [0, 0.1) is 11.8 Å². The Morgan fingerprint density at radius 3 is 2.67 bits per heavy atom. The maximum atomic E-state index is 11.8. The summed E-state index contributed by atoms with van der Waals surface area (Å²) in [5.74, 6) is 1.83. The van der Waals surface area contributed by atoms with E-state index in [1.54, 1.807) is 6.92 Å². The smallest absolute Gasteiger partial charge is 0.222 e. The zero-order valence-corrected chi connectivity index (χ0v) is 9.48. The van der Waals surface area contributed by atoms with Crippen molar-refractivity contribution < 1.29 is 9.90 Å². The van der Waals surface area contributed by atoms with Gasteiger partial charge in [0.05, 0.1) is 6.10 Å². The number of amides is 1. The average molecular weight is 211 g/mol. The minimum Gasteiger partial charge on any atom is -0.393 e. The van der Waals surface area contributed by atoms with Gasteiger partial charge in [-0.2, -0.15) is 0 Å². The van der Waals surface area contributed by atoms with Crippen LogP contribution >= 0.6 is 0 Å². The third-order valence-electron chi connectivity index (χ3n) is 3.66. The summed E-state index contributed by atoms with van der Waals surface area (Å²) in [4.78, 5) is 13.7. The van der Waals surface area contributed by atoms with Gasteiger partial charge in [-0.25, -0.2) is 0 Å². The van der Waals surface area contributed by atoms with E-state index in [1.165, 1.54) is 19.3 Å². The van der Waals surface area contributed by atoms with Gasteiger partial charge in [0.25, 0.3) is 0 Å². The van der Waals surface area contributed by atoms with E-state index in [4.69, 9.17) is 0 Å². The third kappa shape index (κ3) is 2.94. The zero-order chi connectivity index (χ0) is 10.8. The molecular weight excluding hydrogens is 190 g/mol. The van der Waals surface area contributed by atoms with E-state index in [0.29, 0.717) is 18.2 Å². The lowest BCUT2D eigenvalue weighted by atomic mass is 9.91. The molecule has 15 heavy (non-hydrogen) atoms. The molecule has 1 aliphatic heterocycles. The fourth-order valence-electron chi connectivity index (χ4n) is 2.45. The molecule has 3 nitrogen and oxygen atoms in total. The predicted molar refractivity (Wildman–Crippen MR) is 58.3 cm³/mol. The summed E-state index contributed by atoms with van der Waals surface area (Å²) in [6.45, 7) is 3.42. The molecule has 0 radical (unpaired) electrons. The van der Waals surface area contributed by atoms with Crippen LogP contribution in [0.3, 0.4) is 0 Å². The van der Waals surface area contributed by atoms with Crippen molar-refractivity contribution in [3.63, 3.8) is 0 Å². The highest BCUT2D eigenvalue weighted by molar-refractivity contribution is 5.77. The lowest BCUT2D eigenvalue weighted by Crippen LogP contribution is -2.40. The Hall–Kier alpha value is -0.570. The van der Waals surface area contributed by atoms with E-state index in [9.17, 15) is 9.90 Å². The zero-order valence-electron chi connectivity index (χ0n) is 9.48. The molecule has 2 atom stereocenters. The Bertz CT molecular complexity index is 236. The largest absolute Gasteiger partial charge is 0.393 e. The van der Waals surface area contributed by atoms with Crippen molar-refractivity contribution in [3.05, 3.63) is 0 Å². The molecule has 0 aromatic rings. The van der Waals surface area contributed by atoms with Gasteiger partial charge < -0.3 is 10.0 Å². The lowest BCUT2D eigenvalue weighted by molar-refractivity contribution is -0.135. The summed E-state index contributed by atoms with van der Waals surface area (Å²) in [7, 11) is 0.